The molecule has 0 aliphatic heterocycles. The Bertz CT molecular complexity index is 253. The molecule has 0 aliphatic carbocycles. The zero-order valence-electron chi connectivity index (χ0n) is 6.83. The second-order valence-electron chi connectivity index (χ2n) is 2.12. The Hall–Kier alpha value is -1.58. The largest absolute Gasteiger partial charge is 0.478 e. The van der Waals surface area contributed by atoms with Gasteiger partial charge in [-0.25, -0.2) is 4.79 Å². The quantitative estimate of drug-likeness (QED) is 0.473. The van der Waals surface area contributed by atoms with Crippen LogP contribution in [-0.2, 0) is 9.59 Å². The van der Waals surface area contributed by atoms with E-state index in [-0.39, 0.29) is 11.1 Å². The monoisotopic (exact) mass is 169 g/mol. The molecule has 4 nitrogen and oxygen atoms in total. The smallest absolute Gasteiger partial charge is 0.336 e. The van der Waals surface area contributed by atoms with Gasteiger partial charge in [0.15, 0.2) is 0 Å². The average molecular weight is 169 g/mol. The molecule has 0 atom stereocenters. The van der Waals surface area contributed by atoms with E-state index in [1.54, 1.807) is 6.92 Å². The summed E-state index contributed by atoms with van der Waals surface area (Å²) in [5, 5.41) is 8.59. The lowest BCUT2D eigenvalue weighted by atomic mass is 10.1. The van der Waals surface area contributed by atoms with Gasteiger partial charge in [-0.1, -0.05) is 19.6 Å². The molecule has 0 heterocycles. The normalized spacial score (nSPS) is 11.8. The van der Waals surface area contributed by atoms with E-state index < -0.39 is 11.9 Å². The number of carbonyl (C=O) groups is 2. The summed E-state index contributed by atoms with van der Waals surface area (Å²) >= 11 is 0. The molecule has 66 valence electrons. The van der Waals surface area contributed by atoms with Crippen molar-refractivity contribution in [3.05, 3.63) is 23.8 Å². The van der Waals surface area contributed by atoms with Crippen molar-refractivity contribution in [3.63, 3.8) is 0 Å². The maximum atomic E-state index is 10.7. The molecule has 0 unspecified atom stereocenters. The number of aliphatic carboxylic acids is 1. The van der Waals surface area contributed by atoms with Gasteiger partial charge in [0, 0.05) is 5.57 Å². The molecule has 0 bridgehead atoms. The fraction of sp³-hybridized carbons (Fsp3) is 0.250. The van der Waals surface area contributed by atoms with Gasteiger partial charge in [-0.2, -0.15) is 0 Å². The van der Waals surface area contributed by atoms with E-state index in [9.17, 15) is 9.59 Å². The van der Waals surface area contributed by atoms with Crippen LogP contribution in [0.2, 0.25) is 0 Å². The molecule has 12 heavy (non-hydrogen) atoms. The first-order chi connectivity index (χ1) is 5.54. The third-order valence-electron chi connectivity index (χ3n) is 1.41. The van der Waals surface area contributed by atoms with Gasteiger partial charge < -0.3 is 10.8 Å². The molecule has 3 N–H and O–H groups in total. The Morgan fingerprint density at radius 3 is 2.17 bits per heavy atom. The van der Waals surface area contributed by atoms with Crippen molar-refractivity contribution < 1.29 is 14.7 Å². The Kier molecular flexibility index (Phi) is 3.76. The molecule has 0 rings (SSSR count). The molecule has 0 spiro atoms. The van der Waals surface area contributed by atoms with Crippen LogP contribution in [0.15, 0.2) is 23.8 Å². The van der Waals surface area contributed by atoms with Crippen LogP contribution in [0.25, 0.3) is 0 Å². The van der Waals surface area contributed by atoms with E-state index in [2.05, 4.69) is 6.58 Å². The molecule has 0 saturated carbocycles. The van der Waals surface area contributed by atoms with E-state index >= 15 is 0 Å². The molecular weight excluding hydrogens is 158 g/mol. The Labute approximate surface area is 70.4 Å². The molecule has 4 heteroatoms. The fourth-order valence-electron chi connectivity index (χ4n) is 0.837. The summed E-state index contributed by atoms with van der Waals surface area (Å²) in [7, 11) is 0. The Morgan fingerprint density at radius 1 is 1.58 bits per heavy atom. The topological polar surface area (TPSA) is 80.4 Å². The van der Waals surface area contributed by atoms with Gasteiger partial charge in [-0.05, 0) is 6.42 Å². The molecule has 0 aromatic rings. The van der Waals surface area contributed by atoms with Crippen LogP contribution in [0.1, 0.15) is 13.3 Å². The van der Waals surface area contributed by atoms with Gasteiger partial charge in [0.05, 0.1) is 5.57 Å². The van der Waals surface area contributed by atoms with Crippen molar-refractivity contribution in [1.29, 1.82) is 0 Å². The number of carboxylic acids is 1. The molecule has 0 radical (unpaired) electrons. The summed E-state index contributed by atoms with van der Waals surface area (Å²) in [5.41, 5.74) is 4.93. The minimum absolute atomic E-state index is 0.0949. The van der Waals surface area contributed by atoms with Crippen molar-refractivity contribution in [3.8, 4) is 0 Å². The van der Waals surface area contributed by atoms with Crippen LogP contribution in [0.5, 0.6) is 0 Å². The van der Waals surface area contributed by atoms with Crippen molar-refractivity contribution in [2.45, 2.75) is 13.3 Å². The van der Waals surface area contributed by atoms with Crippen molar-refractivity contribution in [1.82, 2.24) is 0 Å². The predicted molar refractivity (Wildman–Crippen MR) is 44.3 cm³/mol. The predicted octanol–water partition coefficient (Wildman–Crippen LogP) is 0.449. The summed E-state index contributed by atoms with van der Waals surface area (Å²) in [5.74, 6) is -1.89. The van der Waals surface area contributed by atoms with E-state index in [0.717, 1.165) is 6.08 Å². The summed E-state index contributed by atoms with van der Waals surface area (Å²) < 4.78 is 0. The summed E-state index contributed by atoms with van der Waals surface area (Å²) in [6, 6.07) is 0. The van der Waals surface area contributed by atoms with E-state index in [1.165, 1.54) is 0 Å². The molecule has 0 aliphatic rings. The van der Waals surface area contributed by atoms with Crippen molar-refractivity contribution in [2.24, 2.45) is 5.73 Å². The third kappa shape index (κ3) is 2.23. The number of hydrogen-bond acceptors (Lipinski definition) is 2. The highest BCUT2D eigenvalue weighted by Crippen LogP contribution is 2.09. The van der Waals surface area contributed by atoms with Gasteiger partial charge in [0.1, 0.15) is 0 Å². The highest BCUT2D eigenvalue weighted by molar-refractivity contribution is 6.02. The lowest BCUT2D eigenvalue weighted by Crippen LogP contribution is -2.17. The van der Waals surface area contributed by atoms with Gasteiger partial charge in [0.25, 0.3) is 0 Å². The Morgan fingerprint density at radius 2 is 2.08 bits per heavy atom. The molecule has 0 aromatic heterocycles. The second-order valence-corrected chi connectivity index (χ2v) is 2.12. The van der Waals surface area contributed by atoms with Crippen molar-refractivity contribution in [2.75, 3.05) is 0 Å². The van der Waals surface area contributed by atoms with Crippen molar-refractivity contribution >= 4 is 11.9 Å². The SMILES string of the molecule is C=CC(C(=O)O)=C(CC)C(N)=O. The highest BCUT2D eigenvalue weighted by Gasteiger charge is 2.13. The molecule has 0 fully saturated rings. The van der Waals surface area contributed by atoms with Crippen LogP contribution in [0.3, 0.4) is 0 Å². The number of rotatable bonds is 4. The third-order valence-corrected chi connectivity index (χ3v) is 1.41. The minimum atomic E-state index is -1.18. The second kappa shape index (κ2) is 4.33. The number of primary amides is 1. The maximum absolute atomic E-state index is 10.7. The molecule has 0 aromatic carbocycles. The van der Waals surface area contributed by atoms with Crippen LogP contribution in [0, 0.1) is 0 Å². The van der Waals surface area contributed by atoms with Crippen LogP contribution >= 0.6 is 0 Å². The minimum Gasteiger partial charge on any atom is -0.478 e. The van der Waals surface area contributed by atoms with Gasteiger partial charge in [-0.15, -0.1) is 0 Å². The van der Waals surface area contributed by atoms with Gasteiger partial charge >= 0.3 is 5.97 Å². The zero-order valence-corrected chi connectivity index (χ0v) is 6.83. The van der Waals surface area contributed by atoms with Crippen LogP contribution < -0.4 is 5.73 Å². The first kappa shape index (κ1) is 10.4. The zero-order chi connectivity index (χ0) is 9.72. The highest BCUT2D eigenvalue weighted by atomic mass is 16.4. The van der Waals surface area contributed by atoms with Crippen LogP contribution in [0.4, 0.5) is 0 Å². The first-order valence-corrected chi connectivity index (χ1v) is 3.43. The average Bonchev–Trinajstić information content (AvgIpc) is 1.98. The maximum Gasteiger partial charge on any atom is 0.336 e. The summed E-state index contributed by atoms with van der Waals surface area (Å²) in [6.07, 6.45) is 1.41. The number of hydrogen-bond donors (Lipinski definition) is 2. The Balaban J connectivity index is 5.15. The fourth-order valence-corrected chi connectivity index (χ4v) is 0.837. The van der Waals surface area contributed by atoms with E-state index in [0.29, 0.717) is 6.42 Å². The summed E-state index contributed by atoms with van der Waals surface area (Å²) in [4.78, 5) is 21.2. The number of nitrogens with two attached hydrogens (primary N) is 1. The van der Waals surface area contributed by atoms with Crippen LogP contribution in [-0.4, -0.2) is 17.0 Å². The lowest BCUT2D eigenvalue weighted by Gasteiger charge is -2.01. The number of carbonyl (C=O) groups excluding carboxylic acids is 1. The molecule has 0 saturated heterocycles. The summed E-state index contributed by atoms with van der Waals surface area (Å²) in [6.45, 7) is 4.95. The molecular formula is C8H11NO3. The van der Waals surface area contributed by atoms with E-state index in [1.807, 2.05) is 0 Å². The van der Waals surface area contributed by atoms with Gasteiger partial charge in [0.2, 0.25) is 5.91 Å². The van der Waals surface area contributed by atoms with E-state index in [4.69, 9.17) is 10.8 Å². The lowest BCUT2D eigenvalue weighted by molar-refractivity contribution is -0.132. The first-order valence-electron chi connectivity index (χ1n) is 3.43. The molecule has 1 amide bonds. The number of amides is 1. The standard InChI is InChI=1S/C8H11NO3/c1-3-5(7(9)10)6(4-2)8(11)12/h4H,2-3H2,1H3,(H2,9,10)(H,11,12). The number of carboxylic acid groups (broad SMARTS) is 1. The van der Waals surface area contributed by atoms with Gasteiger partial charge in [-0.3, -0.25) is 4.79 Å².